The molecule has 0 atom stereocenters. The predicted molar refractivity (Wildman–Crippen MR) is 214 cm³/mol. The Morgan fingerprint density at radius 2 is 0.565 bits per heavy atom. The summed E-state index contributed by atoms with van der Waals surface area (Å²) in [6, 6.07) is 0. The smallest absolute Gasteiger partial charge is 1.00 e. The molecule has 0 bridgehead atoms. The normalized spacial score (nSPS) is 18.3. The fraction of sp³-hybridized carbons (Fsp3) is 0.556. The van der Waals surface area contributed by atoms with Crippen LogP contribution in [0.3, 0.4) is 0 Å². The molecule has 0 spiro atoms. The summed E-state index contributed by atoms with van der Waals surface area (Å²) in [4.78, 5) is 0. The molecular weight excluding hydrogens is 1030 g/mol. The molecule has 4 rings (SSSR count). The van der Waals surface area contributed by atoms with Crippen LogP contribution in [0, 0.1) is 0 Å². The molecule has 46 heavy (non-hydrogen) atoms. The maximum absolute atomic E-state index is 2.66. The molecule has 0 N–H and O–H groups in total. The van der Waals surface area contributed by atoms with Gasteiger partial charge < -0.3 is 24.8 Å². The standard InChI is InChI=1S/4C8H13Si.2C2H7Si.2ClH.2Hf/c4*1-9(2,3)8-6-4-5-7-8;2*1-3-2;;;;/h4*4,6H,5H2,1-3H3;2*3H,1-2H3;2*1H;;/q;;;;;;;;2*+1/p-2. The molecular formula is C36H66Cl2Hf2Si6. The van der Waals surface area contributed by atoms with Gasteiger partial charge in [0.1, 0.15) is 0 Å². The van der Waals surface area contributed by atoms with Crippen molar-refractivity contribution in [2.24, 2.45) is 0 Å². The molecule has 0 unspecified atom stereocenters. The van der Waals surface area contributed by atoms with Crippen molar-refractivity contribution in [3.8, 4) is 0 Å². The summed E-state index contributed by atoms with van der Waals surface area (Å²) < 4.78 is 8.11. The van der Waals surface area contributed by atoms with Crippen LogP contribution in [0.4, 0.5) is 0 Å². The first-order valence-electron chi connectivity index (χ1n) is 17.4. The fourth-order valence-corrected chi connectivity index (χ4v) is 94.0. The van der Waals surface area contributed by atoms with Crippen molar-refractivity contribution < 1.29 is 66.0 Å². The van der Waals surface area contributed by atoms with Gasteiger partial charge in [0.25, 0.3) is 0 Å². The van der Waals surface area contributed by atoms with Crippen molar-refractivity contribution in [3.05, 3.63) is 82.7 Å². The Bertz CT molecular complexity index is 1150. The van der Waals surface area contributed by atoms with Gasteiger partial charge in [-0.15, -0.1) is 0 Å². The van der Waals surface area contributed by atoms with E-state index in [1.165, 1.54) is 25.7 Å². The average molecular weight is 1100 g/mol. The first-order chi connectivity index (χ1) is 20.1. The molecule has 0 radical (unpaired) electrons. The zero-order chi connectivity index (χ0) is 33.4. The average Bonchev–Trinajstić information content (AvgIpc) is 3.64. The van der Waals surface area contributed by atoms with E-state index in [0.717, 1.165) is 0 Å². The molecule has 0 aromatic rings. The van der Waals surface area contributed by atoms with E-state index in [1.54, 1.807) is 0 Å². The fourth-order valence-electron chi connectivity index (χ4n) is 7.61. The molecule has 0 amide bonds. The van der Waals surface area contributed by atoms with E-state index in [9.17, 15) is 0 Å². The van der Waals surface area contributed by atoms with Crippen LogP contribution in [-0.4, -0.2) is 44.3 Å². The van der Waals surface area contributed by atoms with Crippen LogP contribution in [0.5, 0.6) is 0 Å². The van der Waals surface area contributed by atoms with E-state index in [-0.39, 0.29) is 24.8 Å². The molecule has 0 nitrogen and oxygen atoms in total. The topological polar surface area (TPSA) is 0 Å². The van der Waals surface area contributed by atoms with Crippen LogP contribution in [0.1, 0.15) is 25.7 Å². The van der Waals surface area contributed by atoms with Crippen molar-refractivity contribution in [2.75, 3.05) is 0 Å². The summed E-state index contributed by atoms with van der Waals surface area (Å²) in [5.41, 5.74) is 0. The number of halogens is 2. The number of rotatable bonds is 10. The van der Waals surface area contributed by atoms with Gasteiger partial charge in [-0.3, -0.25) is 0 Å². The van der Waals surface area contributed by atoms with E-state index < -0.39 is 85.5 Å². The van der Waals surface area contributed by atoms with Crippen LogP contribution < -0.4 is 24.8 Å². The maximum atomic E-state index is 2.66. The van der Waals surface area contributed by atoms with Crippen LogP contribution in [0.2, 0.25) is 105 Å². The van der Waals surface area contributed by atoms with Gasteiger partial charge in [-0.25, -0.2) is 0 Å². The summed E-state index contributed by atoms with van der Waals surface area (Å²) in [7, 11) is -4.71. The van der Waals surface area contributed by atoms with Crippen molar-refractivity contribution in [1.82, 2.24) is 0 Å². The number of hydrogen-bond acceptors (Lipinski definition) is 0. The first-order valence-corrected chi connectivity index (χ1v) is 56.8. The van der Waals surface area contributed by atoms with E-state index in [2.05, 4.69) is 153 Å². The molecule has 0 fully saturated rings. The third-order valence-corrected chi connectivity index (χ3v) is 76.1. The predicted octanol–water partition coefficient (Wildman–Crippen LogP) is 5.55. The second-order valence-corrected chi connectivity index (χ2v) is 91.9. The zero-order valence-electron chi connectivity index (χ0n) is 32.4. The second kappa shape index (κ2) is 17.8. The SMILES string of the molecule is C[SiH](C)[Hf+]([C]1=C([Si](C)(C)C)C=CC1)[C]1=C([Si](C)(C)C)C=CC1.C[SiH](C)[Hf+]([C]1=C([Si](C)(C)C)C=CC1)[C]1=C([Si](C)(C)C)C=CC1.[Cl-].[Cl-]. The summed E-state index contributed by atoms with van der Waals surface area (Å²) >= 11 is -3.57. The van der Waals surface area contributed by atoms with Crippen molar-refractivity contribution in [3.63, 3.8) is 0 Å². The molecule has 4 aliphatic carbocycles. The molecule has 0 aromatic heterocycles. The minimum atomic E-state index is -1.78. The van der Waals surface area contributed by atoms with Crippen LogP contribution in [0.25, 0.3) is 0 Å². The van der Waals surface area contributed by atoms with Gasteiger partial charge in [-0.1, -0.05) is 0 Å². The monoisotopic (exact) mass is 1100 g/mol. The van der Waals surface area contributed by atoms with Gasteiger partial charge in [-0.05, 0) is 0 Å². The zero-order valence-corrected chi connectivity index (χ0v) is 47.4. The van der Waals surface area contributed by atoms with Crippen LogP contribution in [-0.2, 0) is 41.2 Å². The molecule has 10 heteroatoms. The Hall–Kier alpha value is 1.54. The third-order valence-electron chi connectivity index (χ3n) is 9.41. The molecule has 0 saturated heterocycles. The third kappa shape index (κ3) is 11.3. The molecule has 256 valence electrons. The van der Waals surface area contributed by atoms with Gasteiger partial charge in [-0.2, -0.15) is 0 Å². The van der Waals surface area contributed by atoms with E-state index in [1.807, 2.05) is 34.1 Å². The molecule has 0 saturated carbocycles. The molecule has 0 aliphatic heterocycles. The number of hydrogen-bond donors (Lipinski definition) is 0. The van der Waals surface area contributed by atoms with Crippen molar-refractivity contribution >= 4 is 44.3 Å². The summed E-state index contributed by atoms with van der Waals surface area (Å²) in [6.07, 6.45) is 25.3. The Morgan fingerprint density at radius 1 is 0.391 bits per heavy atom. The van der Waals surface area contributed by atoms with Gasteiger partial charge in [0, 0.05) is 0 Å². The van der Waals surface area contributed by atoms with Gasteiger partial charge >= 0.3 is 299 Å². The summed E-state index contributed by atoms with van der Waals surface area (Å²) in [5.74, 6) is -1.10. The largest absolute Gasteiger partial charge is 1.00 e. The Morgan fingerprint density at radius 3 is 0.696 bits per heavy atom. The quantitative estimate of drug-likeness (QED) is 0.252. The minimum absolute atomic E-state index is 0. The van der Waals surface area contributed by atoms with Crippen LogP contribution >= 0.6 is 0 Å². The van der Waals surface area contributed by atoms with Crippen molar-refractivity contribution in [2.45, 2.75) is 130 Å². The maximum Gasteiger partial charge on any atom is -1.00 e. The Kier molecular flexibility index (Phi) is 17.7. The van der Waals surface area contributed by atoms with E-state index in [0.29, 0.717) is 0 Å². The van der Waals surface area contributed by atoms with Gasteiger partial charge in [0.15, 0.2) is 0 Å². The Labute approximate surface area is 319 Å². The molecule has 4 aliphatic rings. The number of allylic oxidation sites excluding steroid dienone is 16. The van der Waals surface area contributed by atoms with Crippen LogP contribution in [0.15, 0.2) is 82.7 Å². The van der Waals surface area contributed by atoms with E-state index in [4.69, 9.17) is 0 Å². The summed E-state index contributed by atoms with van der Waals surface area (Å²) in [6.45, 7) is 41.2. The first kappa shape index (κ1) is 45.6. The van der Waals surface area contributed by atoms with Gasteiger partial charge in [0.2, 0.25) is 0 Å². The van der Waals surface area contributed by atoms with Crippen molar-refractivity contribution in [1.29, 1.82) is 0 Å². The minimum Gasteiger partial charge on any atom is -1.00 e. The van der Waals surface area contributed by atoms with E-state index >= 15 is 0 Å². The molecule has 0 aromatic carbocycles. The Balaban J connectivity index is 0.000000441. The summed E-state index contributed by atoms with van der Waals surface area (Å²) in [5, 5.41) is 7.41. The van der Waals surface area contributed by atoms with Gasteiger partial charge in [0.05, 0.1) is 0 Å². The second-order valence-electron chi connectivity index (χ2n) is 18.1. The molecule has 0 heterocycles.